The molecule has 0 aromatic heterocycles. The van der Waals surface area contributed by atoms with Gasteiger partial charge >= 0.3 is 0 Å². The molecule has 1 aromatic rings. The molecule has 0 spiro atoms. The Bertz CT molecular complexity index is 657. The fourth-order valence-electron chi connectivity index (χ4n) is 3.54. The molecule has 0 aliphatic carbocycles. The number of rotatable bonds is 3. The average Bonchev–Trinajstić information content (AvgIpc) is 2.42. The van der Waals surface area contributed by atoms with Gasteiger partial charge in [-0.1, -0.05) is 13.8 Å². The van der Waals surface area contributed by atoms with Crippen molar-refractivity contribution in [1.82, 2.24) is 4.31 Å². The van der Waals surface area contributed by atoms with Crippen molar-refractivity contribution in [3.63, 3.8) is 0 Å². The third-order valence-electron chi connectivity index (χ3n) is 4.64. The molecule has 0 unspecified atom stereocenters. The zero-order valence-electron chi connectivity index (χ0n) is 14.4. The van der Waals surface area contributed by atoms with E-state index in [1.54, 1.807) is 17.5 Å². The second-order valence-corrected chi connectivity index (χ2v) is 8.65. The number of methoxy groups -OCH3 is 1. The lowest BCUT2D eigenvalue weighted by atomic mass is 9.94. The summed E-state index contributed by atoms with van der Waals surface area (Å²) >= 11 is 0. The fourth-order valence-corrected chi connectivity index (χ4v) is 5.59. The van der Waals surface area contributed by atoms with Gasteiger partial charge in [0.25, 0.3) is 0 Å². The first-order valence-electron chi connectivity index (χ1n) is 7.83. The molecule has 0 saturated carbocycles. The first kappa shape index (κ1) is 17.3. The Balaban J connectivity index is 2.50. The van der Waals surface area contributed by atoms with Crippen LogP contribution in [-0.4, -0.2) is 32.9 Å². The molecular formula is C17H27NO3S. The first-order valence-corrected chi connectivity index (χ1v) is 9.27. The SMILES string of the molecule is COc1c(C)cc(S(=O)(=O)N2C[C@@H](C)C[C@H](C)C2)c(C)c1C. The molecule has 4 nitrogen and oxygen atoms in total. The molecule has 5 heteroatoms. The maximum Gasteiger partial charge on any atom is 0.243 e. The Labute approximate surface area is 134 Å². The van der Waals surface area contributed by atoms with Crippen LogP contribution in [0.3, 0.4) is 0 Å². The van der Waals surface area contributed by atoms with Gasteiger partial charge < -0.3 is 4.74 Å². The molecule has 0 bridgehead atoms. The van der Waals surface area contributed by atoms with Gasteiger partial charge in [-0.25, -0.2) is 8.42 Å². The molecule has 0 radical (unpaired) electrons. The summed E-state index contributed by atoms with van der Waals surface area (Å²) in [6.45, 7) is 11.1. The number of aryl methyl sites for hydroxylation is 1. The summed E-state index contributed by atoms with van der Waals surface area (Å²) in [6, 6.07) is 1.75. The number of hydrogen-bond donors (Lipinski definition) is 0. The molecule has 1 fully saturated rings. The predicted octanol–water partition coefficient (Wildman–Crippen LogP) is 3.29. The number of nitrogens with zero attached hydrogens (tertiary/aromatic N) is 1. The third-order valence-corrected chi connectivity index (χ3v) is 6.59. The molecule has 1 heterocycles. The molecule has 1 aliphatic rings. The van der Waals surface area contributed by atoms with E-state index in [0.717, 1.165) is 28.9 Å². The predicted molar refractivity (Wildman–Crippen MR) is 88.9 cm³/mol. The van der Waals surface area contributed by atoms with Crippen molar-refractivity contribution in [3.05, 3.63) is 22.8 Å². The second-order valence-electron chi connectivity index (χ2n) is 6.74. The summed E-state index contributed by atoms with van der Waals surface area (Å²) in [4.78, 5) is 0.421. The van der Waals surface area contributed by atoms with E-state index >= 15 is 0 Å². The van der Waals surface area contributed by atoms with E-state index in [2.05, 4.69) is 13.8 Å². The number of hydrogen-bond acceptors (Lipinski definition) is 3. The van der Waals surface area contributed by atoms with Crippen molar-refractivity contribution in [2.75, 3.05) is 20.2 Å². The van der Waals surface area contributed by atoms with Gasteiger partial charge in [-0.2, -0.15) is 4.31 Å². The molecule has 0 amide bonds. The minimum absolute atomic E-state index is 0.402. The zero-order valence-corrected chi connectivity index (χ0v) is 15.3. The highest BCUT2D eigenvalue weighted by molar-refractivity contribution is 7.89. The summed E-state index contributed by atoms with van der Waals surface area (Å²) in [5, 5.41) is 0. The Morgan fingerprint density at radius 3 is 2.14 bits per heavy atom. The van der Waals surface area contributed by atoms with Crippen molar-refractivity contribution in [3.8, 4) is 5.75 Å². The van der Waals surface area contributed by atoms with Crippen LogP contribution in [0, 0.1) is 32.6 Å². The summed E-state index contributed by atoms with van der Waals surface area (Å²) in [6.07, 6.45) is 1.09. The smallest absolute Gasteiger partial charge is 0.243 e. The first-order chi connectivity index (χ1) is 10.2. The van der Waals surface area contributed by atoms with Crippen LogP contribution in [-0.2, 0) is 10.0 Å². The normalized spacial score (nSPS) is 23.5. The molecule has 2 atom stereocenters. The van der Waals surface area contributed by atoms with Gasteiger partial charge in [0.05, 0.1) is 12.0 Å². The zero-order chi connectivity index (χ0) is 16.7. The van der Waals surface area contributed by atoms with Gasteiger partial charge in [-0.05, 0) is 61.8 Å². The van der Waals surface area contributed by atoms with Gasteiger partial charge in [0, 0.05) is 13.1 Å². The monoisotopic (exact) mass is 325 g/mol. The van der Waals surface area contributed by atoms with E-state index < -0.39 is 10.0 Å². The van der Waals surface area contributed by atoms with Crippen LogP contribution in [0.15, 0.2) is 11.0 Å². The van der Waals surface area contributed by atoms with Crippen LogP contribution < -0.4 is 4.74 Å². The molecule has 0 N–H and O–H groups in total. The van der Waals surface area contributed by atoms with Crippen LogP contribution in [0.4, 0.5) is 0 Å². The van der Waals surface area contributed by atoms with Gasteiger partial charge in [0.15, 0.2) is 0 Å². The van der Waals surface area contributed by atoms with Crippen LogP contribution >= 0.6 is 0 Å². The fraction of sp³-hybridized carbons (Fsp3) is 0.647. The largest absolute Gasteiger partial charge is 0.496 e. The van der Waals surface area contributed by atoms with Crippen molar-refractivity contribution in [1.29, 1.82) is 0 Å². The minimum atomic E-state index is -3.45. The molecule has 22 heavy (non-hydrogen) atoms. The Hall–Kier alpha value is -1.07. The maximum absolute atomic E-state index is 13.1. The van der Waals surface area contributed by atoms with Gasteiger partial charge in [0.1, 0.15) is 5.75 Å². The number of piperidine rings is 1. The second kappa shape index (κ2) is 6.20. The van der Waals surface area contributed by atoms with Crippen LogP contribution in [0.2, 0.25) is 0 Å². The van der Waals surface area contributed by atoms with E-state index in [0.29, 0.717) is 29.8 Å². The highest BCUT2D eigenvalue weighted by Crippen LogP contribution is 2.34. The number of benzene rings is 1. The van der Waals surface area contributed by atoms with Crippen LogP contribution in [0.25, 0.3) is 0 Å². The van der Waals surface area contributed by atoms with Crippen LogP contribution in [0.1, 0.15) is 37.0 Å². The topological polar surface area (TPSA) is 46.6 Å². The van der Waals surface area contributed by atoms with E-state index in [1.807, 2.05) is 20.8 Å². The highest BCUT2D eigenvalue weighted by atomic mass is 32.2. The standard InChI is InChI=1S/C17H27NO3S/c1-11-7-12(2)10-18(9-11)22(19,20)16-8-13(3)17(21-6)15(5)14(16)4/h8,11-12H,7,9-10H2,1-6H3/t11-,12-/m0/s1. The van der Waals surface area contributed by atoms with Gasteiger partial charge in [-0.15, -0.1) is 0 Å². The average molecular weight is 325 g/mol. The van der Waals surface area contributed by atoms with E-state index in [4.69, 9.17) is 4.74 Å². The number of ether oxygens (including phenoxy) is 1. The van der Waals surface area contributed by atoms with Gasteiger partial charge in [-0.3, -0.25) is 0 Å². The Morgan fingerprint density at radius 1 is 1.09 bits per heavy atom. The summed E-state index contributed by atoms with van der Waals surface area (Å²) in [5.41, 5.74) is 2.55. The van der Waals surface area contributed by atoms with Crippen molar-refractivity contribution in [2.24, 2.45) is 11.8 Å². The molecule has 2 rings (SSSR count). The summed E-state index contributed by atoms with van der Waals surface area (Å²) < 4.78 is 33.2. The summed E-state index contributed by atoms with van der Waals surface area (Å²) in [5.74, 6) is 1.58. The lowest BCUT2D eigenvalue weighted by Gasteiger charge is -2.34. The van der Waals surface area contributed by atoms with E-state index in [1.165, 1.54) is 0 Å². The maximum atomic E-state index is 13.1. The quantitative estimate of drug-likeness (QED) is 0.857. The Kier molecular flexibility index (Phi) is 4.87. The summed E-state index contributed by atoms with van der Waals surface area (Å²) in [7, 11) is -1.83. The molecule has 1 saturated heterocycles. The lowest BCUT2D eigenvalue weighted by molar-refractivity contribution is 0.222. The number of sulfonamides is 1. The molecule has 1 aromatic carbocycles. The van der Waals surface area contributed by atoms with E-state index in [9.17, 15) is 8.42 Å². The lowest BCUT2D eigenvalue weighted by Crippen LogP contribution is -2.42. The van der Waals surface area contributed by atoms with Gasteiger partial charge in [0.2, 0.25) is 10.0 Å². The van der Waals surface area contributed by atoms with Crippen molar-refractivity contribution in [2.45, 2.75) is 45.9 Å². The van der Waals surface area contributed by atoms with Crippen molar-refractivity contribution >= 4 is 10.0 Å². The van der Waals surface area contributed by atoms with Crippen LogP contribution in [0.5, 0.6) is 5.75 Å². The van der Waals surface area contributed by atoms with E-state index in [-0.39, 0.29) is 0 Å². The molecular weight excluding hydrogens is 298 g/mol. The minimum Gasteiger partial charge on any atom is -0.496 e. The highest BCUT2D eigenvalue weighted by Gasteiger charge is 2.33. The Morgan fingerprint density at radius 2 is 1.64 bits per heavy atom. The van der Waals surface area contributed by atoms with Crippen molar-refractivity contribution < 1.29 is 13.2 Å². The molecule has 1 aliphatic heterocycles. The molecule has 124 valence electrons. The third kappa shape index (κ3) is 3.01.